The molecule has 0 spiro atoms. The first-order chi connectivity index (χ1) is 8.16. The Hall–Kier alpha value is -1.68. The minimum atomic E-state index is -0.359. The molecule has 86 valence electrons. The van der Waals surface area contributed by atoms with E-state index in [1.54, 1.807) is 24.3 Å². The van der Waals surface area contributed by atoms with Crippen molar-refractivity contribution in [1.29, 1.82) is 0 Å². The Kier molecular flexibility index (Phi) is 3.54. The molecule has 1 amide bonds. The molecular weight excluding hydrogens is 285 g/mol. The van der Waals surface area contributed by atoms with Gasteiger partial charge in [-0.1, -0.05) is 18.2 Å². The fourth-order valence-corrected chi connectivity index (χ4v) is 1.75. The van der Waals surface area contributed by atoms with Crippen LogP contribution in [0.1, 0.15) is 10.4 Å². The number of carbonyl (C=O) groups excluding carboxylic acids is 1. The second-order valence-corrected chi connectivity index (χ2v) is 4.30. The lowest BCUT2D eigenvalue weighted by molar-refractivity contribution is 0.102. The maximum absolute atomic E-state index is 13.0. The van der Waals surface area contributed by atoms with Crippen molar-refractivity contribution in [3.63, 3.8) is 0 Å². The highest BCUT2D eigenvalue weighted by Gasteiger charge is 2.06. The molecule has 2 aromatic rings. The number of hydrogen-bond acceptors (Lipinski definition) is 1. The summed E-state index contributed by atoms with van der Waals surface area (Å²) in [5.74, 6) is -0.577. The second kappa shape index (κ2) is 5.10. The van der Waals surface area contributed by atoms with Crippen LogP contribution in [0.4, 0.5) is 10.1 Å². The van der Waals surface area contributed by atoms with Gasteiger partial charge in [-0.2, -0.15) is 0 Å². The van der Waals surface area contributed by atoms with Crippen LogP contribution >= 0.6 is 15.9 Å². The van der Waals surface area contributed by atoms with Crippen LogP contribution in [0.5, 0.6) is 0 Å². The SMILES string of the molecule is O=C(Nc1ccc(F)c(Br)c1)c1ccccc1. The van der Waals surface area contributed by atoms with Crippen LogP contribution in [0.15, 0.2) is 53.0 Å². The van der Waals surface area contributed by atoms with Gasteiger partial charge in [-0.05, 0) is 46.3 Å². The Morgan fingerprint density at radius 3 is 2.47 bits per heavy atom. The Morgan fingerprint density at radius 2 is 1.82 bits per heavy atom. The third kappa shape index (κ3) is 2.91. The number of anilines is 1. The van der Waals surface area contributed by atoms with Gasteiger partial charge < -0.3 is 5.32 Å². The predicted octanol–water partition coefficient (Wildman–Crippen LogP) is 3.84. The summed E-state index contributed by atoms with van der Waals surface area (Å²) in [6.07, 6.45) is 0. The van der Waals surface area contributed by atoms with Gasteiger partial charge in [-0.15, -0.1) is 0 Å². The van der Waals surface area contributed by atoms with Crippen molar-refractivity contribution >= 4 is 27.5 Å². The maximum atomic E-state index is 13.0. The molecule has 0 heterocycles. The van der Waals surface area contributed by atoms with Gasteiger partial charge in [0.15, 0.2) is 0 Å². The van der Waals surface area contributed by atoms with Gasteiger partial charge in [0.2, 0.25) is 0 Å². The van der Waals surface area contributed by atoms with Crippen molar-refractivity contribution in [3.8, 4) is 0 Å². The van der Waals surface area contributed by atoms with Crippen molar-refractivity contribution in [2.75, 3.05) is 5.32 Å². The molecular formula is C13H9BrFNO. The number of rotatable bonds is 2. The van der Waals surface area contributed by atoms with Gasteiger partial charge >= 0.3 is 0 Å². The van der Waals surface area contributed by atoms with E-state index in [2.05, 4.69) is 21.2 Å². The molecule has 0 fully saturated rings. The van der Waals surface area contributed by atoms with Crippen molar-refractivity contribution in [1.82, 2.24) is 0 Å². The van der Waals surface area contributed by atoms with E-state index < -0.39 is 0 Å². The van der Waals surface area contributed by atoms with Crippen LogP contribution in [0, 0.1) is 5.82 Å². The third-order valence-corrected chi connectivity index (χ3v) is 2.82. The Balaban J connectivity index is 2.16. The highest BCUT2D eigenvalue weighted by atomic mass is 79.9. The summed E-state index contributed by atoms with van der Waals surface area (Å²) >= 11 is 3.07. The average Bonchev–Trinajstić information content (AvgIpc) is 2.35. The molecule has 2 nitrogen and oxygen atoms in total. The van der Waals surface area contributed by atoms with Crippen LogP contribution in [0.25, 0.3) is 0 Å². The molecule has 17 heavy (non-hydrogen) atoms. The molecule has 0 aliphatic heterocycles. The lowest BCUT2D eigenvalue weighted by atomic mass is 10.2. The normalized spacial score (nSPS) is 10.0. The fourth-order valence-electron chi connectivity index (χ4n) is 1.37. The predicted molar refractivity (Wildman–Crippen MR) is 68.5 cm³/mol. The molecule has 2 rings (SSSR count). The number of carbonyl (C=O) groups is 1. The van der Waals surface area contributed by atoms with Crippen LogP contribution in [0.2, 0.25) is 0 Å². The molecule has 0 radical (unpaired) electrons. The highest BCUT2D eigenvalue weighted by molar-refractivity contribution is 9.10. The van der Waals surface area contributed by atoms with Gasteiger partial charge in [0.05, 0.1) is 4.47 Å². The van der Waals surface area contributed by atoms with Crippen LogP contribution in [0.3, 0.4) is 0 Å². The number of halogens is 2. The second-order valence-electron chi connectivity index (χ2n) is 3.45. The average molecular weight is 294 g/mol. The molecule has 0 saturated heterocycles. The Bertz CT molecular complexity index is 542. The molecule has 0 saturated carbocycles. The molecule has 0 aromatic heterocycles. The quantitative estimate of drug-likeness (QED) is 0.895. The van der Waals surface area contributed by atoms with Crippen LogP contribution in [-0.2, 0) is 0 Å². The van der Waals surface area contributed by atoms with Crippen molar-refractivity contribution in [3.05, 3.63) is 64.4 Å². The van der Waals surface area contributed by atoms with E-state index in [1.807, 2.05) is 6.07 Å². The van der Waals surface area contributed by atoms with Crippen molar-refractivity contribution < 1.29 is 9.18 Å². The first kappa shape index (κ1) is 11.8. The molecule has 2 aromatic carbocycles. The lowest BCUT2D eigenvalue weighted by Crippen LogP contribution is -2.11. The minimum Gasteiger partial charge on any atom is -0.322 e. The van der Waals surface area contributed by atoms with Crippen molar-refractivity contribution in [2.24, 2.45) is 0 Å². The summed E-state index contributed by atoms with van der Waals surface area (Å²) in [7, 11) is 0. The summed E-state index contributed by atoms with van der Waals surface area (Å²) < 4.78 is 13.3. The number of nitrogens with one attached hydrogen (secondary N) is 1. The molecule has 0 bridgehead atoms. The molecule has 0 aliphatic carbocycles. The first-order valence-corrected chi connectivity index (χ1v) is 5.77. The van der Waals surface area contributed by atoms with Gasteiger partial charge in [0.25, 0.3) is 5.91 Å². The first-order valence-electron chi connectivity index (χ1n) is 4.98. The summed E-state index contributed by atoms with van der Waals surface area (Å²) in [6.45, 7) is 0. The standard InChI is InChI=1S/C13H9BrFNO/c14-11-8-10(6-7-12(11)15)16-13(17)9-4-2-1-3-5-9/h1-8H,(H,16,17). The Morgan fingerprint density at radius 1 is 1.12 bits per heavy atom. The highest BCUT2D eigenvalue weighted by Crippen LogP contribution is 2.20. The summed E-state index contributed by atoms with van der Waals surface area (Å²) in [4.78, 5) is 11.8. The molecule has 1 N–H and O–H groups in total. The lowest BCUT2D eigenvalue weighted by Gasteiger charge is -2.05. The van der Waals surface area contributed by atoms with Crippen LogP contribution < -0.4 is 5.32 Å². The summed E-state index contributed by atoms with van der Waals surface area (Å²) in [5, 5.41) is 2.69. The van der Waals surface area contributed by atoms with E-state index in [0.717, 1.165) is 0 Å². The number of benzene rings is 2. The topological polar surface area (TPSA) is 29.1 Å². The third-order valence-electron chi connectivity index (χ3n) is 2.21. The van der Waals surface area contributed by atoms with E-state index >= 15 is 0 Å². The van der Waals surface area contributed by atoms with Gasteiger partial charge in [0.1, 0.15) is 5.82 Å². The fraction of sp³-hybridized carbons (Fsp3) is 0. The monoisotopic (exact) mass is 293 g/mol. The summed E-state index contributed by atoms with van der Waals surface area (Å²) in [6, 6.07) is 13.2. The summed E-state index contributed by atoms with van der Waals surface area (Å²) in [5.41, 5.74) is 1.11. The largest absolute Gasteiger partial charge is 0.322 e. The Labute approximate surface area is 107 Å². The van der Waals surface area contributed by atoms with E-state index in [-0.39, 0.29) is 11.7 Å². The zero-order valence-electron chi connectivity index (χ0n) is 8.78. The van der Waals surface area contributed by atoms with E-state index in [0.29, 0.717) is 15.7 Å². The van der Waals surface area contributed by atoms with Gasteiger partial charge in [-0.3, -0.25) is 4.79 Å². The number of hydrogen-bond donors (Lipinski definition) is 1. The maximum Gasteiger partial charge on any atom is 0.255 e. The van der Waals surface area contributed by atoms with Gasteiger partial charge in [-0.25, -0.2) is 4.39 Å². The van der Waals surface area contributed by atoms with Gasteiger partial charge in [0, 0.05) is 11.3 Å². The molecule has 0 unspecified atom stereocenters. The molecule has 0 aliphatic rings. The van der Waals surface area contributed by atoms with E-state index in [4.69, 9.17) is 0 Å². The minimum absolute atomic E-state index is 0.218. The number of amides is 1. The smallest absolute Gasteiger partial charge is 0.255 e. The van der Waals surface area contributed by atoms with Crippen LogP contribution in [-0.4, -0.2) is 5.91 Å². The zero-order valence-corrected chi connectivity index (χ0v) is 10.4. The van der Waals surface area contributed by atoms with Crippen molar-refractivity contribution in [2.45, 2.75) is 0 Å². The van der Waals surface area contributed by atoms with E-state index in [9.17, 15) is 9.18 Å². The molecule has 4 heteroatoms. The molecule has 0 atom stereocenters. The van der Waals surface area contributed by atoms with E-state index in [1.165, 1.54) is 18.2 Å². The zero-order chi connectivity index (χ0) is 12.3.